The number of fused-ring (bicyclic) bond motifs is 1. The monoisotopic (exact) mass is 435 g/mol. The molecule has 2 aliphatic rings. The highest BCUT2D eigenvalue weighted by molar-refractivity contribution is 5.82. The van der Waals surface area contributed by atoms with Gasteiger partial charge < -0.3 is 20.7 Å². The molecule has 6 heteroatoms. The number of para-hydroxylation sites is 1. The largest absolute Gasteiger partial charge is 0.496 e. The number of methoxy groups -OCH3 is 1. The average molecular weight is 436 g/mol. The van der Waals surface area contributed by atoms with Crippen molar-refractivity contribution in [2.45, 2.75) is 51.2 Å². The summed E-state index contributed by atoms with van der Waals surface area (Å²) in [4.78, 5) is 25.3. The van der Waals surface area contributed by atoms with E-state index in [0.29, 0.717) is 19.0 Å². The van der Waals surface area contributed by atoms with Crippen molar-refractivity contribution in [1.29, 1.82) is 0 Å². The van der Waals surface area contributed by atoms with Crippen LogP contribution in [0, 0.1) is 11.8 Å². The van der Waals surface area contributed by atoms with E-state index in [1.165, 1.54) is 11.1 Å². The fourth-order valence-electron chi connectivity index (χ4n) is 4.81. The first kappa shape index (κ1) is 22.3. The molecule has 6 nitrogen and oxygen atoms in total. The number of benzene rings is 2. The molecule has 170 valence electrons. The molecule has 2 aromatic carbocycles. The highest BCUT2D eigenvalue weighted by Gasteiger charge is 2.28. The second-order valence-electron chi connectivity index (χ2n) is 8.90. The van der Waals surface area contributed by atoms with Gasteiger partial charge in [0.2, 0.25) is 11.8 Å². The number of rotatable bonds is 7. The van der Waals surface area contributed by atoms with Gasteiger partial charge in [-0.2, -0.15) is 0 Å². The van der Waals surface area contributed by atoms with Crippen LogP contribution in [-0.2, 0) is 29.1 Å². The molecule has 1 heterocycles. The summed E-state index contributed by atoms with van der Waals surface area (Å²) in [5, 5.41) is 9.55. The number of hydrogen-bond acceptors (Lipinski definition) is 4. The Morgan fingerprint density at radius 2 is 1.66 bits per heavy atom. The summed E-state index contributed by atoms with van der Waals surface area (Å²) in [5.74, 6) is 1.48. The number of nitrogens with one attached hydrogen (secondary N) is 3. The van der Waals surface area contributed by atoms with Crippen molar-refractivity contribution in [2.75, 3.05) is 13.7 Å². The molecule has 1 aliphatic carbocycles. The van der Waals surface area contributed by atoms with Gasteiger partial charge in [0.1, 0.15) is 5.75 Å². The van der Waals surface area contributed by atoms with Gasteiger partial charge in [0, 0.05) is 31.1 Å². The van der Waals surface area contributed by atoms with Crippen LogP contribution in [0.15, 0.2) is 48.5 Å². The number of ether oxygens (including phenoxy) is 1. The Morgan fingerprint density at radius 1 is 0.938 bits per heavy atom. The maximum atomic E-state index is 12.6. The molecule has 1 fully saturated rings. The lowest BCUT2D eigenvalue weighted by Gasteiger charge is -2.29. The van der Waals surface area contributed by atoms with Gasteiger partial charge in [-0.25, -0.2) is 0 Å². The summed E-state index contributed by atoms with van der Waals surface area (Å²) in [6.07, 6.45) is 4.41. The number of carbonyl (C=O) groups is 2. The van der Waals surface area contributed by atoms with Gasteiger partial charge in [0.15, 0.2) is 0 Å². The third-order valence-electron chi connectivity index (χ3n) is 6.83. The van der Waals surface area contributed by atoms with Crippen LogP contribution in [-0.4, -0.2) is 31.5 Å². The topological polar surface area (TPSA) is 79.5 Å². The first-order valence-corrected chi connectivity index (χ1v) is 11.6. The molecule has 0 aromatic heterocycles. The van der Waals surface area contributed by atoms with Gasteiger partial charge in [-0.3, -0.25) is 9.59 Å². The Bertz CT molecular complexity index is 937. The fourth-order valence-corrected chi connectivity index (χ4v) is 4.81. The van der Waals surface area contributed by atoms with E-state index in [9.17, 15) is 9.59 Å². The van der Waals surface area contributed by atoms with Crippen LogP contribution in [0.25, 0.3) is 0 Å². The molecule has 0 bridgehead atoms. The predicted molar refractivity (Wildman–Crippen MR) is 124 cm³/mol. The third-order valence-corrected chi connectivity index (χ3v) is 6.83. The lowest BCUT2D eigenvalue weighted by atomic mass is 9.81. The van der Waals surface area contributed by atoms with Gasteiger partial charge in [-0.1, -0.05) is 42.5 Å². The van der Waals surface area contributed by atoms with Crippen molar-refractivity contribution in [3.8, 4) is 5.75 Å². The van der Waals surface area contributed by atoms with Crippen molar-refractivity contribution in [3.63, 3.8) is 0 Å². The fraction of sp³-hybridized carbons (Fsp3) is 0.462. The van der Waals surface area contributed by atoms with E-state index >= 15 is 0 Å². The number of hydrogen-bond donors (Lipinski definition) is 3. The molecule has 4 rings (SSSR count). The Labute approximate surface area is 190 Å². The van der Waals surface area contributed by atoms with Crippen LogP contribution >= 0.6 is 0 Å². The zero-order chi connectivity index (χ0) is 22.3. The molecular weight excluding hydrogens is 402 g/mol. The van der Waals surface area contributed by atoms with Crippen molar-refractivity contribution in [2.24, 2.45) is 11.8 Å². The van der Waals surface area contributed by atoms with Crippen LogP contribution in [0.4, 0.5) is 0 Å². The smallest absolute Gasteiger partial charge is 0.237 e. The van der Waals surface area contributed by atoms with E-state index in [2.05, 4.69) is 28.1 Å². The van der Waals surface area contributed by atoms with Gasteiger partial charge in [-0.05, 0) is 55.2 Å². The Kier molecular flexibility index (Phi) is 7.43. The molecule has 1 aliphatic heterocycles. The first-order valence-electron chi connectivity index (χ1n) is 11.6. The van der Waals surface area contributed by atoms with Gasteiger partial charge in [0.05, 0.1) is 13.2 Å². The van der Waals surface area contributed by atoms with Crippen LogP contribution in [0.5, 0.6) is 5.75 Å². The van der Waals surface area contributed by atoms with Crippen LogP contribution in [0.1, 0.15) is 42.4 Å². The molecule has 2 aromatic rings. The molecule has 32 heavy (non-hydrogen) atoms. The summed E-state index contributed by atoms with van der Waals surface area (Å²) < 4.78 is 5.35. The van der Waals surface area contributed by atoms with Crippen molar-refractivity contribution < 1.29 is 14.3 Å². The van der Waals surface area contributed by atoms with Crippen molar-refractivity contribution >= 4 is 11.8 Å². The Balaban J connectivity index is 1.17. The second kappa shape index (κ2) is 10.6. The van der Waals surface area contributed by atoms with E-state index in [-0.39, 0.29) is 23.8 Å². The lowest BCUT2D eigenvalue weighted by molar-refractivity contribution is -0.127. The zero-order valence-corrected chi connectivity index (χ0v) is 18.7. The Morgan fingerprint density at radius 3 is 2.44 bits per heavy atom. The van der Waals surface area contributed by atoms with E-state index in [1.54, 1.807) is 7.11 Å². The van der Waals surface area contributed by atoms with E-state index in [1.807, 2.05) is 36.4 Å². The molecule has 1 saturated carbocycles. The van der Waals surface area contributed by atoms with E-state index < -0.39 is 0 Å². The summed E-state index contributed by atoms with van der Waals surface area (Å²) in [7, 11) is 1.64. The zero-order valence-electron chi connectivity index (χ0n) is 18.7. The van der Waals surface area contributed by atoms with Gasteiger partial charge in [-0.15, -0.1) is 0 Å². The first-order chi connectivity index (χ1) is 15.6. The van der Waals surface area contributed by atoms with Gasteiger partial charge in [0.25, 0.3) is 0 Å². The van der Waals surface area contributed by atoms with Crippen molar-refractivity contribution in [1.82, 2.24) is 16.0 Å². The highest BCUT2D eigenvalue weighted by atomic mass is 16.5. The summed E-state index contributed by atoms with van der Waals surface area (Å²) in [6, 6.07) is 15.9. The normalized spacial score (nSPS) is 22.5. The highest BCUT2D eigenvalue weighted by Crippen LogP contribution is 2.29. The standard InChI is InChI=1S/C26H33N3O3/c1-32-24-9-5-4-8-22(24)17-29-25(30)19-12-10-18(11-13-19)15-28-26(31)23-14-20-6-2-3-7-21(20)16-27-23/h2-9,18-19,23,27H,10-17H2,1H3,(H,28,31)(H,29,30)/t18?,19?,23-/m0/s1. The minimum absolute atomic E-state index is 0.0492. The second-order valence-corrected chi connectivity index (χ2v) is 8.90. The Hall–Kier alpha value is -2.86. The SMILES string of the molecule is COc1ccccc1CNC(=O)C1CCC(CNC(=O)[C@@H]2Cc3ccccc3CN2)CC1. The molecule has 0 radical (unpaired) electrons. The van der Waals surface area contributed by atoms with Crippen LogP contribution < -0.4 is 20.7 Å². The number of carbonyl (C=O) groups excluding carboxylic acids is 2. The van der Waals surface area contributed by atoms with Crippen LogP contribution in [0.3, 0.4) is 0 Å². The summed E-state index contributed by atoms with van der Waals surface area (Å²) in [6.45, 7) is 1.91. The minimum atomic E-state index is -0.165. The van der Waals surface area contributed by atoms with Crippen molar-refractivity contribution in [3.05, 3.63) is 65.2 Å². The van der Waals surface area contributed by atoms with Crippen LogP contribution in [0.2, 0.25) is 0 Å². The maximum absolute atomic E-state index is 12.6. The number of amides is 2. The summed E-state index contributed by atoms with van der Waals surface area (Å²) >= 11 is 0. The minimum Gasteiger partial charge on any atom is -0.496 e. The molecular formula is C26H33N3O3. The maximum Gasteiger partial charge on any atom is 0.237 e. The van der Waals surface area contributed by atoms with E-state index in [0.717, 1.165) is 50.0 Å². The molecule has 0 unspecified atom stereocenters. The van der Waals surface area contributed by atoms with E-state index in [4.69, 9.17) is 4.74 Å². The quantitative estimate of drug-likeness (QED) is 0.625. The van der Waals surface area contributed by atoms with Gasteiger partial charge >= 0.3 is 0 Å². The molecule has 0 spiro atoms. The lowest BCUT2D eigenvalue weighted by Crippen LogP contribution is -2.48. The third kappa shape index (κ3) is 5.49. The molecule has 1 atom stereocenters. The molecule has 0 saturated heterocycles. The molecule has 3 N–H and O–H groups in total. The summed E-state index contributed by atoms with van der Waals surface area (Å²) in [5.41, 5.74) is 3.52. The predicted octanol–water partition coefficient (Wildman–Crippen LogP) is 2.95. The average Bonchev–Trinajstić information content (AvgIpc) is 2.86. The molecule has 2 amide bonds.